The molecule has 1 heterocycles. The van der Waals surface area contributed by atoms with Crippen molar-refractivity contribution >= 4 is 17.8 Å². The second-order valence-electron chi connectivity index (χ2n) is 4.46. The van der Waals surface area contributed by atoms with Gasteiger partial charge in [0.25, 0.3) is 0 Å². The Hall–Kier alpha value is -1.63. The van der Waals surface area contributed by atoms with Crippen LogP contribution in [0.4, 0.5) is 17.8 Å². The van der Waals surface area contributed by atoms with E-state index in [1.165, 1.54) is 0 Å². The Kier molecular flexibility index (Phi) is 7.74. The van der Waals surface area contributed by atoms with Crippen molar-refractivity contribution in [3.05, 3.63) is 0 Å². The average Bonchev–Trinajstić information content (AvgIpc) is 2.52. The van der Waals surface area contributed by atoms with Gasteiger partial charge in [-0.25, -0.2) is 0 Å². The maximum absolute atomic E-state index is 5.43. The molecule has 7 heteroatoms. The molecule has 0 radical (unpaired) electrons. The predicted molar refractivity (Wildman–Crippen MR) is 87.3 cm³/mol. The Morgan fingerprint density at radius 2 is 1.48 bits per heavy atom. The smallest absolute Gasteiger partial charge is 0.232 e. The summed E-state index contributed by atoms with van der Waals surface area (Å²) in [5.74, 6) is 2.00. The number of nitrogens with one attached hydrogen (secondary N) is 1. The van der Waals surface area contributed by atoms with E-state index in [1.54, 1.807) is 0 Å². The lowest BCUT2D eigenvalue weighted by molar-refractivity contribution is 0.153. The molecule has 1 aromatic heterocycles. The van der Waals surface area contributed by atoms with Gasteiger partial charge in [0.1, 0.15) is 0 Å². The van der Waals surface area contributed by atoms with Crippen molar-refractivity contribution < 1.29 is 4.74 Å². The molecule has 7 nitrogen and oxygen atoms in total. The molecular weight excluding hydrogens is 268 g/mol. The molecule has 0 fully saturated rings. The third-order valence-corrected chi connectivity index (χ3v) is 3.26. The van der Waals surface area contributed by atoms with Crippen LogP contribution in [0.15, 0.2) is 0 Å². The minimum atomic E-state index is 0.594. The molecule has 0 unspecified atom stereocenters. The number of ether oxygens (including phenoxy) is 1. The van der Waals surface area contributed by atoms with E-state index in [-0.39, 0.29) is 0 Å². The van der Waals surface area contributed by atoms with Crippen LogP contribution in [0.1, 0.15) is 27.7 Å². The lowest BCUT2D eigenvalue weighted by Crippen LogP contribution is -2.31. The van der Waals surface area contributed by atoms with Crippen LogP contribution < -0.4 is 15.1 Å². The van der Waals surface area contributed by atoms with Crippen LogP contribution >= 0.6 is 0 Å². The first-order valence-corrected chi connectivity index (χ1v) is 7.71. The number of aromatic nitrogens is 3. The highest BCUT2D eigenvalue weighted by molar-refractivity contribution is 5.44. The third kappa shape index (κ3) is 5.00. The number of hydrogen-bond acceptors (Lipinski definition) is 7. The largest absolute Gasteiger partial charge is 0.380 e. The summed E-state index contributed by atoms with van der Waals surface area (Å²) < 4.78 is 5.43. The first kappa shape index (κ1) is 17.4. The molecule has 0 atom stereocenters. The fourth-order valence-corrected chi connectivity index (χ4v) is 1.97. The van der Waals surface area contributed by atoms with E-state index in [0.717, 1.165) is 32.8 Å². The van der Waals surface area contributed by atoms with Crippen molar-refractivity contribution in [2.45, 2.75) is 27.7 Å². The van der Waals surface area contributed by atoms with Gasteiger partial charge in [-0.1, -0.05) is 0 Å². The molecule has 120 valence electrons. The summed E-state index contributed by atoms with van der Waals surface area (Å²) in [7, 11) is 1.82. The second-order valence-corrected chi connectivity index (χ2v) is 4.46. The van der Waals surface area contributed by atoms with Crippen molar-refractivity contribution in [1.82, 2.24) is 15.0 Å². The molecule has 0 saturated carbocycles. The van der Waals surface area contributed by atoms with Crippen LogP contribution in [0.2, 0.25) is 0 Å². The fourth-order valence-electron chi connectivity index (χ4n) is 1.97. The zero-order chi connectivity index (χ0) is 15.7. The van der Waals surface area contributed by atoms with Crippen LogP contribution in [-0.2, 0) is 4.74 Å². The number of rotatable bonds is 10. The summed E-state index contributed by atoms with van der Waals surface area (Å²) in [4.78, 5) is 17.7. The highest BCUT2D eigenvalue weighted by Crippen LogP contribution is 2.16. The maximum Gasteiger partial charge on any atom is 0.232 e. The van der Waals surface area contributed by atoms with Crippen molar-refractivity contribution in [2.75, 3.05) is 61.6 Å². The van der Waals surface area contributed by atoms with Crippen molar-refractivity contribution in [2.24, 2.45) is 0 Å². The fraction of sp³-hybridized carbons (Fsp3) is 0.786. The van der Waals surface area contributed by atoms with Gasteiger partial charge in [-0.3, -0.25) is 0 Å². The summed E-state index contributed by atoms with van der Waals surface area (Å²) in [5, 5.41) is 3.01. The highest BCUT2D eigenvalue weighted by Gasteiger charge is 2.14. The van der Waals surface area contributed by atoms with Crippen LogP contribution in [0.25, 0.3) is 0 Å². The molecule has 21 heavy (non-hydrogen) atoms. The zero-order valence-corrected chi connectivity index (χ0v) is 13.9. The maximum atomic E-state index is 5.43. The molecule has 0 aromatic carbocycles. The zero-order valence-electron chi connectivity index (χ0n) is 13.9. The first-order chi connectivity index (χ1) is 10.2. The van der Waals surface area contributed by atoms with Gasteiger partial charge in [-0.2, -0.15) is 15.0 Å². The molecule has 0 aliphatic heterocycles. The Bertz CT molecular complexity index is 410. The molecular formula is C14H28N6O. The third-order valence-electron chi connectivity index (χ3n) is 3.26. The summed E-state index contributed by atoms with van der Waals surface area (Å²) in [5.41, 5.74) is 0. The standard InChI is InChI=1S/C14H28N6O/c1-6-19(7-2)13-16-12(15-5)17-14(18-13)20(8-3)10-11-21-9-4/h6-11H2,1-5H3,(H,15,16,17,18). The Balaban J connectivity index is 3.00. The van der Waals surface area contributed by atoms with Crippen LogP contribution in [0.3, 0.4) is 0 Å². The van der Waals surface area contributed by atoms with E-state index in [2.05, 4.69) is 50.8 Å². The van der Waals surface area contributed by atoms with Gasteiger partial charge < -0.3 is 19.9 Å². The predicted octanol–water partition coefficient (Wildman–Crippen LogP) is 1.62. The minimum absolute atomic E-state index is 0.594. The first-order valence-electron chi connectivity index (χ1n) is 7.71. The summed E-state index contributed by atoms with van der Waals surface area (Å²) >= 11 is 0. The van der Waals surface area contributed by atoms with E-state index in [0.29, 0.717) is 24.5 Å². The van der Waals surface area contributed by atoms with E-state index in [9.17, 15) is 0 Å². The summed E-state index contributed by atoms with van der Waals surface area (Å²) in [6.07, 6.45) is 0. The quantitative estimate of drug-likeness (QED) is 0.658. The normalized spacial score (nSPS) is 10.5. The monoisotopic (exact) mass is 296 g/mol. The lowest BCUT2D eigenvalue weighted by Gasteiger charge is -2.24. The van der Waals surface area contributed by atoms with Crippen molar-refractivity contribution in [1.29, 1.82) is 0 Å². The average molecular weight is 296 g/mol. The minimum Gasteiger partial charge on any atom is -0.380 e. The SMILES string of the molecule is CCOCCN(CC)c1nc(NC)nc(N(CC)CC)n1. The summed E-state index contributed by atoms with van der Waals surface area (Å²) in [6.45, 7) is 13.0. The Labute approximate surface area is 127 Å². The van der Waals surface area contributed by atoms with E-state index in [4.69, 9.17) is 4.74 Å². The molecule has 1 N–H and O–H groups in total. The second kappa shape index (κ2) is 9.33. The van der Waals surface area contributed by atoms with Crippen LogP contribution in [0, 0.1) is 0 Å². The van der Waals surface area contributed by atoms with Gasteiger partial charge in [-0.15, -0.1) is 0 Å². The molecule has 0 amide bonds. The molecule has 0 bridgehead atoms. The van der Waals surface area contributed by atoms with Crippen molar-refractivity contribution in [3.63, 3.8) is 0 Å². The molecule has 0 saturated heterocycles. The molecule has 1 rings (SSSR count). The molecule has 0 aliphatic carbocycles. The van der Waals surface area contributed by atoms with Gasteiger partial charge in [0, 0.05) is 39.8 Å². The number of hydrogen-bond donors (Lipinski definition) is 1. The van der Waals surface area contributed by atoms with Gasteiger partial charge in [0.2, 0.25) is 17.8 Å². The number of anilines is 3. The number of likely N-dealkylation sites (N-methyl/N-ethyl adjacent to an activating group) is 1. The lowest BCUT2D eigenvalue weighted by atomic mass is 10.5. The molecule has 1 aromatic rings. The highest BCUT2D eigenvalue weighted by atomic mass is 16.5. The van der Waals surface area contributed by atoms with Gasteiger partial charge in [-0.05, 0) is 27.7 Å². The Morgan fingerprint density at radius 3 is 1.95 bits per heavy atom. The van der Waals surface area contributed by atoms with Crippen LogP contribution in [0.5, 0.6) is 0 Å². The molecule has 0 spiro atoms. The van der Waals surface area contributed by atoms with Gasteiger partial charge in [0.05, 0.1) is 6.61 Å². The van der Waals surface area contributed by atoms with E-state index >= 15 is 0 Å². The molecule has 0 aliphatic rings. The van der Waals surface area contributed by atoms with E-state index in [1.807, 2.05) is 14.0 Å². The van der Waals surface area contributed by atoms with Crippen LogP contribution in [-0.4, -0.2) is 61.4 Å². The van der Waals surface area contributed by atoms with Crippen molar-refractivity contribution in [3.8, 4) is 0 Å². The van der Waals surface area contributed by atoms with Gasteiger partial charge >= 0.3 is 0 Å². The van der Waals surface area contributed by atoms with E-state index < -0.39 is 0 Å². The topological polar surface area (TPSA) is 66.4 Å². The Morgan fingerprint density at radius 1 is 0.905 bits per heavy atom. The summed E-state index contributed by atoms with van der Waals surface area (Å²) in [6, 6.07) is 0. The number of nitrogens with zero attached hydrogens (tertiary/aromatic N) is 5. The van der Waals surface area contributed by atoms with Gasteiger partial charge in [0.15, 0.2) is 0 Å².